The molecule has 0 saturated carbocycles. The summed E-state index contributed by atoms with van der Waals surface area (Å²) < 4.78 is 14.2. The molecule has 6 nitrogen and oxygen atoms in total. The fourth-order valence-electron chi connectivity index (χ4n) is 3.08. The summed E-state index contributed by atoms with van der Waals surface area (Å²) in [6.07, 6.45) is 0.276. The standard InChI is InChI=1S/C24H18BrFN4O2S/c25-18-10-6-17(7-11-18)23-29-30-24(33-23)28-22(32)20(14-15-4-2-1-3-5-15)27-21(31)16-8-12-19(26)13-9-16/h1-13,20H,14H2,(H,27,31)(H,28,30,32)/t20-/m1/s1. The number of rotatable bonds is 7. The molecule has 0 unspecified atom stereocenters. The Morgan fingerprint density at radius 1 is 0.939 bits per heavy atom. The van der Waals surface area contributed by atoms with Crippen LogP contribution in [-0.4, -0.2) is 28.1 Å². The lowest BCUT2D eigenvalue weighted by Crippen LogP contribution is -2.45. The van der Waals surface area contributed by atoms with Crippen molar-refractivity contribution in [2.24, 2.45) is 0 Å². The maximum Gasteiger partial charge on any atom is 0.251 e. The number of anilines is 1. The van der Waals surface area contributed by atoms with Gasteiger partial charge in [-0.25, -0.2) is 4.39 Å². The number of hydrogen-bond acceptors (Lipinski definition) is 5. The van der Waals surface area contributed by atoms with Crippen molar-refractivity contribution in [3.8, 4) is 10.6 Å². The summed E-state index contributed by atoms with van der Waals surface area (Å²) in [7, 11) is 0. The minimum Gasteiger partial charge on any atom is -0.340 e. The highest BCUT2D eigenvalue weighted by atomic mass is 79.9. The molecule has 0 radical (unpaired) electrons. The van der Waals surface area contributed by atoms with Gasteiger partial charge in [0.2, 0.25) is 11.0 Å². The van der Waals surface area contributed by atoms with Crippen LogP contribution in [0.2, 0.25) is 0 Å². The molecule has 166 valence electrons. The summed E-state index contributed by atoms with van der Waals surface area (Å²) in [5, 5.41) is 14.7. The van der Waals surface area contributed by atoms with E-state index in [-0.39, 0.29) is 12.0 Å². The monoisotopic (exact) mass is 524 g/mol. The number of halogens is 2. The third-order valence-electron chi connectivity index (χ3n) is 4.76. The molecular weight excluding hydrogens is 507 g/mol. The predicted molar refractivity (Wildman–Crippen MR) is 129 cm³/mol. The lowest BCUT2D eigenvalue weighted by Gasteiger charge is -2.18. The zero-order valence-electron chi connectivity index (χ0n) is 17.2. The second-order valence-corrected chi connectivity index (χ2v) is 9.02. The molecule has 9 heteroatoms. The second-order valence-electron chi connectivity index (χ2n) is 7.13. The summed E-state index contributed by atoms with van der Waals surface area (Å²) in [6, 6.07) is 21.2. The molecule has 0 saturated heterocycles. The predicted octanol–water partition coefficient (Wildman–Crippen LogP) is 5.09. The van der Waals surface area contributed by atoms with E-state index in [9.17, 15) is 14.0 Å². The highest BCUT2D eigenvalue weighted by molar-refractivity contribution is 9.10. The maximum absolute atomic E-state index is 13.2. The quantitative estimate of drug-likeness (QED) is 0.352. The second kappa shape index (κ2) is 10.5. The van der Waals surface area contributed by atoms with E-state index < -0.39 is 23.7 Å². The summed E-state index contributed by atoms with van der Waals surface area (Å²) in [5.74, 6) is -1.34. The van der Waals surface area contributed by atoms with Gasteiger partial charge in [-0.2, -0.15) is 0 Å². The Labute approximate surface area is 202 Å². The van der Waals surface area contributed by atoms with Crippen molar-refractivity contribution in [1.29, 1.82) is 0 Å². The number of nitrogens with one attached hydrogen (secondary N) is 2. The van der Waals surface area contributed by atoms with Crippen molar-refractivity contribution >= 4 is 44.2 Å². The van der Waals surface area contributed by atoms with Crippen molar-refractivity contribution in [3.63, 3.8) is 0 Å². The third-order valence-corrected chi connectivity index (χ3v) is 6.17. The van der Waals surface area contributed by atoms with Crippen molar-refractivity contribution in [1.82, 2.24) is 15.5 Å². The number of hydrogen-bond donors (Lipinski definition) is 2. The molecule has 0 aliphatic heterocycles. The van der Waals surface area contributed by atoms with E-state index in [0.29, 0.717) is 10.1 Å². The van der Waals surface area contributed by atoms with Crippen molar-refractivity contribution in [2.45, 2.75) is 12.5 Å². The number of amides is 2. The van der Waals surface area contributed by atoms with Gasteiger partial charge in [0, 0.05) is 22.0 Å². The van der Waals surface area contributed by atoms with E-state index in [0.717, 1.165) is 15.6 Å². The molecule has 4 rings (SSSR count). The van der Waals surface area contributed by atoms with E-state index in [1.54, 1.807) is 0 Å². The van der Waals surface area contributed by atoms with Gasteiger partial charge in [-0.1, -0.05) is 69.7 Å². The number of nitrogens with zero attached hydrogens (tertiary/aromatic N) is 2. The molecule has 0 aliphatic rings. The lowest BCUT2D eigenvalue weighted by atomic mass is 10.0. The number of carbonyl (C=O) groups excluding carboxylic acids is 2. The Morgan fingerprint density at radius 2 is 1.64 bits per heavy atom. The van der Waals surface area contributed by atoms with Crippen LogP contribution >= 0.6 is 27.3 Å². The molecule has 2 amide bonds. The van der Waals surface area contributed by atoms with Crippen LogP contribution in [0.4, 0.5) is 9.52 Å². The molecule has 0 aliphatic carbocycles. The molecular formula is C24H18BrFN4O2S. The Morgan fingerprint density at radius 3 is 2.33 bits per heavy atom. The van der Waals surface area contributed by atoms with Crippen LogP contribution in [0.15, 0.2) is 83.3 Å². The summed E-state index contributed by atoms with van der Waals surface area (Å²) >= 11 is 4.63. The van der Waals surface area contributed by atoms with Gasteiger partial charge in [0.25, 0.3) is 5.91 Å². The van der Waals surface area contributed by atoms with E-state index in [2.05, 4.69) is 36.8 Å². The van der Waals surface area contributed by atoms with Crippen LogP contribution in [0.5, 0.6) is 0 Å². The fourth-order valence-corrected chi connectivity index (χ4v) is 4.09. The van der Waals surface area contributed by atoms with Gasteiger partial charge in [-0.05, 0) is 42.0 Å². The van der Waals surface area contributed by atoms with Gasteiger partial charge in [0.1, 0.15) is 16.9 Å². The SMILES string of the molecule is O=C(N[C@H](Cc1ccccc1)C(=O)Nc1nnc(-c2ccc(Br)cc2)s1)c1ccc(F)cc1. The minimum absolute atomic E-state index is 0.260. The molecule has 33 heavy (non-hydrogen) atoms. The summed E-state index contributed by atoms with van der Waals surface area (Å²) in [5.41, 5.74) is 2.02. The summed E-state index contributed by atoms with van der Waals surface area (Å²) in [6.45, 7) is 0. The summed E-state index contributed by atoms with van der Waals surface area (Å²) in [4.78, 5) is 25.8. The Balaban J connectivity index is 1.50. The van der Waals surface area contributed by atoms with Gasteiger partial charge >= 0.3 is 0 Å². The zero-order chi connectivity index (χ0) is 23.2. The topological polar surface area (TPSA) is 84.0 Å². The largest absolute Gasteiger partial charge is 0.340 e. The first-order valence-corrected chi connectivity index (χ1v) is 11.6. The first kappa shape index (κ1) is 22.8. The molecule has 4 aromatic rings. The van der Waals surface area contributed by atoms with Crippen LogP contribution in [0, 0.1) is 5.82 Å². The number of carbonyl (C=O) groups is 2. The highest BCUT2D eigenvalue weighted by Gasteiger charge is 2.23. The normalized spacial score (nSPS) is 11.6. The molecule has 0 fully saturated rings. The van der Waals surface area contributed by atoms with Gasteiger partial charge in [-0.15, -0.1) is 10.2 Å². The van der Waals surface area contributed by atoms with Crippen molar-refractivity contribution < 1.29 is 14.0 Å². The van der Waals surface area contributed by atoms with Crippen molar-refractivity contribution in [3.05, 3.63) is 100 Å². The van der Waals surface area contributed by atoms with Crippen LogP contribution < -0.4 is 10.6 Å². The van der Waals surface area contributed by atoms with Gasteiger partial charge in [-0.3, -0.25) is 14.9 Å². The molecule has 0 bridgehead atoms. The van der Waals surface area contributed by atoms with Gasteiger partial charge in [0.15, 0.2) is 0 Å². The van der Waals surface area contributed by atoms with Crippen LogP contribution in [0.25, 0.3) is 10.6 Å². The zero-order valence-corrected chi connectivity index (χ0v) is 19.6. The number of benzene rings is 3. The first-order valence-electron chi connectivity index (χ1n) is 9.98. The van der Waals surface area contributed by atoms with Gasteiger partial charge < -0.3 is 5.32 Å². The Bertz CT molecular complexity index is 1250. The minimum atomic E-state index is -0.870. The average Bonchev–Trinajstić information content (AvgIpc) is 3.28. The van der Waals surface area contributed by atoms with Crippen molar-refractivity contribution in [2.75, 3.05) is 5.32 Å². The van der Waals surface area contributed by atoms with Crippen LogP contribution in [0.3, 0.4) is 0 Å². The number of aromatic nitrogens is 2. The molecule has 0 spiro atoms. The van der Waals surface area contributed by atoms with E-state index in [1.165, 1.54) is 35.6 Å². The average molecular weight is 525 g/mol. The molecule has 2 N–H and O–H groups in total. The first-order chi connectivity index (χ1) is 16.0. The molecule has 3 aromatic carbocycles. The maximum atomic E-state index is 13.2. The fraction of sp³-hybridized carbons (Fsp3) is 0.0833. The Kier molecular flexibility index (Phi) is 7.21. The molecule has 1 atom stereocenters. The van der Waals surface area contributed by atoms with Crippen LogP contribution in [-0.2, 0) is 11.2 Å². The van der Waals surface area contributed by atoms with E-state index in [1.807, 2.05) is 54.6 Å². The van der Waals surface area contributed by atoms with E-state index >= 15 is 0 Å². The smallest absolute Gasteiger partial charge is 0.251 e. The Hall–Kier alpha value is -3.43. The molecule has 1 heterocycles. The molecule has 1 aromatic heterocycles. The third kappa shape index (κ3) is 6.09. The lowest BCUT2D eigenvalue weighted by molar-refractivity contribution is -0.118. The highest BCUT2D eigenvalue weighted by Crippen LogP contribution is 2.27. The van der Waals surface area contributed by atoms with Gasteiger partial charge in [0.05, 0.1) is 0 Å². The van der Waals surface area contributed by atoms with E-state index in [4.69, 9.17) is 0 Å². The van der Waals surface area contributed by atoms with Crippen LogP contribution in [0.1, 0.15) is 15.9 Å².